The third-order valence-electron chi connectivity index (χ3n) is 2.13. The van der Waals surface area contributed by atoms with Crippen LogP contribution in [0.1, 0.15) is 19.5 Å². The van der Waals surface area contributed by atoms with Gasteiger partial charge in [-0.3, -0.25) is 9.59 Å². The number of pyridine rings is 1. The first kappa shape index (κ1) is 12.5. The van der Waals surface area contributed by atoms with Crippen LogP contribution in [0.15, 0.2) is 23.0 Å². The van der Waals surface area contributed by atoms with Gasteiger partial charge in [-0.15, -0.1) is 0 Å². The minimum absolute atomic E-state index is 0.0156. The van der Waals surface area contributed by atoms with Crippen molar-refractivity contribution in [1.29, 1.82) is 0 Å². The summed E-state index contributed by atoms with van der Waals surface area (Å²) in [4.78, 5) is 22.9. The average molecular weight is 223 g/mol. The van der Waals surface area contributed by atoms with E-state index in [1.165, 1.54) is 10.6 Å². The molecule has 16 heavy (non-hydrogen) atoms. The Morgan fingerprint density at radius 3 is 2.69 bits per heavy atom. The van der Waals surface area contributed by atoms with E-state index in [0.717, 1.165) is 5.69 Å². The van der Waals surface area contributed by atoms with Crippen LogP contribution in [0.4, 0.5) is 0 Å². The molecule has 0 atom stereocenters. The lowest BCUT2D eigenvalue weighted by Gasteiger charge is -2.10. The average Bonchev–Trinajstić information content (AvgIpc) is 2.21. The Balaban J connectivity index is 2.66. The number of nitrogens with zero attached hydrogens (tertiary/aromatic N) is 1. The molecule has 0 spiro atoms. The van der Waals surface area contributed by atoms with E-state index in [4.69, 9.17) is 4.74 Å². The first-order chi connectivity index (χ1) is 7.50. The topological polar surface area (TPSA) is 48.3 Å². The largest absolute Gasteiger partial charge is 0.464 e. The van der Waals surface area contributed by atoms with Gasteiger partial charge in [-0.2, -0.15) is 0 Å². The van der Waals surface area contributed by atoms with Crippen molar-refractivity contribution in [3.05, 3.63) is 34.2 Å². The van der Waals surface area contributed by atoms with Crippen LogP contribution in [0, 0.1) is 12.8 Å². The second kappa shape index (κ2) is 5.49. The number of aryl methyl sites for hydroxylation is 1. The van der Waals surface area contributed by atoms with Gasteiger partial charge in [0.1, 0.15) is 6.54 Å². The summed E-state index contributed by atoms with van der Waals surface area (Å²) in [5, 5.41) is 0. The predicted molar refractivity (Wildman–Crippen MR) is 61.2 cm³/mol. The maximum atomic E-state index is 11.5. The smallest absolute Gasteiger partial charge is 0.326 e. The Morgan fingerprint density at radius 1 is 1.44 bits per heavy atom. The zero-order chi connectivity index (χ0) is 12.1. The molecule has 1 aromatic rings. The fourth-order valence-corrected chi connectivity index (χ4v) is 1.26. The van der Waals surface area contributed by atoms with Crippen molar-refractivity contribution in [1.82, 2.24) is 4.57 Å². The van der Waals surface area contributed by atoms with Gasteiger partial charge in [0.25, 0.3) is 5.56 Å². The van der Waals surface area contributed by atoms with Crippen molar-refractivity contribution in [3.63, 3.8) is 0 Å². The summed E-state index contributed by atoms with van der Waals surface area (Å²) >= 11 is 0. The maximum absolute atomic E-state index is 11.5. The summed E-state index contributed by atoms with van der Waals surface area (Å²) in [6.45, 7) is 6.09. The van der Waals surface area contributed by atoms with Crippen molar-refractivity contribution >= 4 is 5.97 Å². The first-order valence-electron chi connectivity index (χ1n) is 5.33. The molecule has 0 aromatic carbocycles. The van der Waals surface area contributed by atoms with E-state index < -0.39 is 0 Å². The molecular weight excluding hydrogens is 206 g/mol. The zero-order valence-electron chi connectivity index (χ0n) is 9.90. The molecule has 4 heteroatoms. The lowest BCUT2D eigenvalue weighted by Crippen LogP contribution is -2.26. The molecule has 0 unspecified atom stereocenters. The van der Waals surface area contributed by atoms with E-state index in [-0.39, 0.29) is 18.1 Å². The normalized spacial score (nSPS) is 10.5. The number of rotatable bonds is 4. The van der Waals surface area contributed by atoms with E-state index in [1.54, 1.807) is 19.1 Å². The molecule has 0 saturated carbocycles. The number of hydrogen-bond donors (Lipinski definition) is 0. The molecular formula is C12H17NO3. The van der Waals surface area contributed by atoms with Crippen LogP contribution in [-0.4, -0.2) is 17.1 Å². The van der Waals surface area contributed by atoms with Crippen LogP contribution in [0.2, 0.25) is 0 Å². The Labute approximate surface area is 94.9 Å². The highest BCUT2D eigenvalue weighted by molar-refractivity contribution is 5.69. The highest BCUT2D eigenvalue weighted by Crippen LogP contribution is 1.97. The second-order valence-electron chi connectivity index (χ2n) is 4.17. The summed E-state index contributed by atoms with van der Waals surface area (Å²) in [7, 11) is 0. The van der Waals surface area contributed by atoms with Gasteiger partial charge in [-0.25, -0.2) is 0 Å². The minimum Gasteiger partial charge on any atom is -0.464 e. The first-order valence-corrected chi connectivity index (χ1v) is 5.33. The molecule has 1 heterocycles. The summed E-state index contributed by atoms with van der Waals surface area (Å²) < 4.78 is 6.42. The molecule has 0 bridgehead atoms. The van der Waals surface area contributed by atoms with Gasteiger partial charge in [0.05, 0.1) is 6.61 Å². The van der Waals surface area contributed by atoms with Crippen LogP contribution in [0.3, 0.4) is 0 Å². The molecule has 1 rings (SSSR count). The third kappa shape index (κ3) is 3.53. The molecule has 0 radical (unpaired) electrons. The van der Waals surface area contributed by atoms with Gasteiger partial charge in [0.2, 0.25) is 0 Å². The summed E-state index contributed by atoms with van der Waals surface area (Å²) in [5.41, 5.74) is 0.579. The van der Waals surface area contributed by atoms with Crippen LogP contribution in [0.5, 0.6) is 0 Å². The molecule has 0 saturated heterocycles. The third-order valence-corrected chi connectivity index (χ3v) is 2.13. The number of hydrogen-bond acceptors (Lipinski definition) is 3. The van der Waals surface area contributed by atoms with Gasteiger partial charge < -0.3 is 9.30 Å². The fourth-order valence-electron chi connectivity index (χ4n) is 1.26. The van der Waals surface area contributed by atoms with Crippen molar-refractivity contribution in [3.8, 4) is 0 Å². The summed E-state index contributed by atoms with van der Waals surface area (Å²) in [6.07, 6.45) is 0. The van der Waals surface area contributed by atoms with Crippen LogP contribution < -0.4 is 5.56 Å². The molecule has 0 N–H and O–H groups in total. The van der Waals surface area contributed by atoms with Crippen LogP contribution in [0.25, 0.3) is 0 Å². The van der Waals surface area contributed by atoms with E-state index in [0.29, 0.717) is 12.5 Å². The van der Waals surface area contributed by atoms with Gasteiger partial charge in [0, 0.05) is 11.8 Å². The Hall–Kier alpha value is -1.58. The molecule has 0 aliphatic carbocycles. The summed E-state index contributed by atoms with van der Waals surface area (Å²) in [6, 6.07) is 4.90. The molecule has 1 aromatic heterocycles. The Bertz CT molecular complexity index is 421. The van der Waals surface area contributed by atoms with E-state index >= 15 is 0 Å². The van der Waals surface area contributed by atoms with Crippen molar-refractivity contribution in [2.75, 3.05) is 6.61 Å². The van der Waals surface area contributed by atoms with E-state index in [2.05, 4.69) is 0 Å². The molecule has 0 amide bonds. The number of ether oxygens (including phenoxy) is 1. The van der Waals surface area contributed by atoms with Gasteiger partial charge >= 0.3 is 5.97 Å². The van der Waals surface area contributed by atoms with E-state index in [9.17, 15) is 9.59 Å². The maximum Gasteiger partial charge on any atom is 0.326 e. The van der Waals surface area contributed by atoms with Gasteiger partial charge in [-0.05, 0) is 18.9 Å². The standard InChI is InChI=1S/C12H17NO3/c1-9(2)8-16-12(15)7-13-10(3)5-4-6-11(13)14/h4-6,9H,7-8H2,1-3H3. The van der Waals surface area contributed by atoms with Crippen LogP contribution >= 0.6 is 0 Å². The molecule has 0 fully saturated rings. The molecule has 88 valence electrons. The summed E-state index contributed by atoms with van der Waals surface area (Å²) in [5.74, 6) is -0.0670. The predicted octanol–water partition coefficient (Wildman–Crippen LogP) is 1.36. The number of carbonyl (C=O) groups excluding carboxylic acids is 1. The minimum atomic E-state index is -0.370. The fraction of sp³-hybridized carbons (Fsp3) is 0.500. The zero-order valence-corrected chi connectivity index (χ0v) is 9.90. The SMILES string of the molecule is Cc1cccc(=O)n1CC(=O)OCC(C)C. The second-order valence-corrected chi connectivity index (χ2v) is 4.17. The molecule has 0 aliphatic heterocycles. The lowest BCUT2D eigenvalue weighted by molar-refractivity contribution is -0.145. The van der Waals surface area contributed by atoms with Crippen molar-refractivity contribution < 1.29 is 9.53 Å². The number of esters is 1. The van der Waals surface area contributed by atoms with Gasteiger partial charge in [-0.1, -0.05) is 19.9 Å². The molecule has 0 aliphatic rings. The quantitative estimate of drug-likeness (QED) is 0.724. The van der Waals surface area contributed by atoms with Crippen molar-refractivity contribution in [2.45, 2.75) is 27.3 Å². The Morgan fingerprint density at radius 2 is 2.12 bits per heavy atom. The number of aromatic nitrogens is 1. The highest BCUT2D eigenvalue weighted by atomic mass is 16.5. The monoisotopic (exact) mass is 223 g/mol. The highest BCUT2D eigenvalue weighted by Gasteiger charge is 2.08. The lowest BCUT2D eigenvalue weighted by atomic mass is 10.2. The number of carbonyl (C=O) groups is 1. The Kier molecular flexibility index (Phi) is 4.28. The van der Waals surface area contributed by atoms with Gasteiger partial charge in [0.15, 0.2) is 0 Å². The van der Waals surface area contributed by atoms with Crippen LogP contribution in [-0.2, 0) is 16.1 Å². The van der Waals surface area contributed by atoms with Crippen molar-refractivity contribution in [2.24, 2.45) is 5.92 Å². The molecule has 4 nitrogen and oxygen atoms in total. The van der Waals surface area contributed by atoms with E-state index in [1.807, 2.05) is 13.8 Å².